The molecule has 30 heavy (non-hydrogen) atoms. The van der Waals surface area contributed by atoms with Crippen LogP contribution in [0.3, 0.4) is 0 Å². The summed E-state index contributed by atoms with van der Waals surface area (Å²) in [6.45, 7) is 0. The minimum absolute atomic E-state index is 0.000179. The summed E-state index contributed by atoms with van der Waals surface area (Å²) >= 11 is 0. The summed E-state index contributed by atoms with van der Waals surface area (Å²) in [7, 11) is -3.48. The molecule has 6 rings (SSSR count). The standard InChI is InChI=1S/C23H21N3O3S/c27-22(25-17-9-8-15-5-1-2-6-16(15)13-17)26-18-10-11-23(18)19(26)14-20(23)30(28,29)21-7-3-4-12-24-21/h1-9,12-13,18-20H,10-11,14H2,(H,25,27)/t18?,19?,20?,23-/m0/s1. The molecular weight excluding hydrogens is 398 g/mol. The fraction of sp³-hybridized carbons (Fsp3) is 0.304. The third kappa shape index (κ3) is 2.21. The highest BCUT2D eigenvalue weighted by molar-refractivity contribution is 7.92. The number of pyridine rings is 1. The number of nitrogens with zero attached hydrogens (tertiary/aromatic N) is 2. The van der Waals surface area contributed by atoms with Crippen LogP contribution in [0.15, 0.2) is 71.9 Å². The lowest BCUT2D eigenvalue weighted by Crippen LogP contribution is -2.89. The van der Waals surface area contributed by atoms with Crippen LogP contribution < -0.4 is 5.32 Å². The van der Waals surface area contributed by atoms with Crippen LogP contribution in [0.2, 0.25) is 0 Å². The number of hydrogen-bond donors (Lipinski definition) is 1. The first kappa shape index (κ1) is 17.9. The largest absolute Gasteiger partial charge is 0.322 e. The van der Waals surface area contributed by atoms with Crippen molar-refractivity contribution < 1.29 is 13.2 Å². The number of anilines is 1. The second-order valence-electron chi connectivity index (χ2n) is 8.52. The molecule has 2 aromatic carbocycles. The SMILES string of the molecule is O=C(Nc1ccc2ccccc2c1)N1C2CC[C@@]23C1CC3S(=O)(=O)c1ccccn1. The predicted octanol–water partition coefficient (Wildman–Crippen LogP) is 3.85. The highest BCUT2D eigenvalue weighted by Crippen LogP contribution is 2.70. The van der Waals surface area contributed by atoms with Crippen LogP contribution in [0, 0.1) is 5.41 Å². The van der Waals surface area contributed by atoms with Crippen LogP contribution in [-0.4, -0.2) is 41.7 Å². The van der Waals surface area contributed by atoms with Crippen LogP contribution in [0.25, 0.3) is 10.8 Å². The molecule has 7 heteroatoms. The number of aromatic nitrogens is 1. The van der Waals surface area contributed by atoms with Crippen molar-refractivity contribution in [3.05, 3.63) is 66.9 Å². The summed E-state index contributed by atoms with van der Waals surface area (Å²) in [6, 6.07) is 18.7. The molecule has 1 spiro atoms. The number of carbonyl (C=O) groups is 1. The van der Waals surface area contributed by atoms with Crippen LogP contribution in [0.1, 0.15) is 19.3 Å². The number of benzene rings is 2. The van der Waals surface area contributed by atoms with E-state index in [1.54, 1.807) is 18.2 Å². The maximum atomic E-state index is 13.1. The summed E-state index contributed by atoms with van der Waals surface area (Å²) in [6.07, 6.45) is 3.72. The normalized spacial score (nSPS) is 29.1. The molecule has 4 atom stereocenters. The summed E-state index contributed by atoms with van der Waals surface area (Å²) in [4.78, 5) is 18.9. The molecule has 0 radical (unpaired) electrons. The molecule has 1 N–H and O–H groups in total. The topological polar surface area (TPSA) is 79.4 Å². The number of rotatable bonds is 3. The highest BCUT2D eigenvalue weighted by Gasteiger charge is 2.79. The lowest BCUT2D eigenvalue weighted by molar-refractivity contribution is -0.231. The van der Waals surface area contributed by atoms with E-state index in [0.29, 0.717) is 6.42 Å². The summed E-state index contributed by atoms with van der Waals surface area (Å²) < 4.78 is 26.2. The van der Waals surface area contributed by atoms with E-state index >= 15 is 0 Å². The Morgan fingerprint density at radius 1 is 1.03 bits per heavy atom. The zero-order valence-electron chi connectivity index (χ0n) is 16.2. The Morgan fingerprint density at radius 3 is 2.53 bits per heavy atom. The number of fused-ring (bicyclic) bond motifs is 1. The molecule has 152 valence electrons. The number of carbonyl (C=O) groups excluding carboxylic acids is 1. The first-order chi connectivity index (χ1) is 14.5. The Kier molecular flexibility index (Phi) is 3.60. The van der Waals surface area contributed by atoms with E-state index in [4.69, 9.17) is 0 Å². The van der Waals surface area contributed by atoms with Crippen LogP contribution in [0.4, 0.5) is 10.5 Å². The van der Waals surface area contributed by atoms with Gasteiger partial charge in [-0.1, -0.05) is 36.4 Å². The van der Waals surface area contributed by atoms with E-state index < -0.39 is 15.1 Å². The molecule has 1 saturated heterocycles. The predicted molar refractivity (Wildman–Crippen MR) is 114 cm³/mol. The third-order valence-electron chi connectivity index (χ3n) is 7.34. The monoisotopic (exact) mass is 419 g/mol. The van der Waals surface area contributed by atoms with Crippen molar-refractivity contribution in [1.29, 1.82) is 0 Å². The van der Waals surface area contributed by atoms with Gasteiger partial charge in [0.2, 0.25) is 0 Å². The van der Waals surface area contributed by atoms with E-state index in [2.05, 4.69) is 10.3 Å². The van der Waals surface area contributed by atoms with Crippen molar-refractivity contribution >= 4 is 32.3 Å². The molecule has 3 aromatic rings. The van der Waals surface area contributed by atoms with E-state index in [0.717, 1.165) is 29.3 Å². The Hall–Kier alpha value is -2.93. The van der Waals surface area contributed by atoms with Crippen LogP contribution in [0.5, 0.6) is 0 Å². The van der Waals surface area contributed by atoms with Crippen molar-refractivity contribution in [2.75, 3.05) is 5.32 Å². The van der Waals surface area contributed by atoms with Gasteiger partial charge in [-0.2, -0.15) is 0 Å². The summed E-state index contributed by atoms with van der Waals surface area (Å²) in [5, 5.41) is 4.92. The first-order valence-electron chi connectivity index (χ1n) is 10.2. The Bertz CT molecular complexity index is 1270. The van der Waals surface area contributed by atoms with Gasteiger partial charge in [-0.05, 0) is 54.3 Å². The molecular formula is C23H21N3O3S. The molecule has 1 aliphatic heterocycles. The maximum absolute atomic E-state index is 13.1. The number of nitrogens with one attached hydrogen (secondary N) is 1. The Morgan fingerprint density at radius 2 is 1.83 bits per heavy atom. The van der Waals surface area contributed by atoms with Gasteiger partial charge in [0.25, 0.3) is 0 Å². The second kappa shape index (κ2) is 6.04. The number of piperidine rings is 2. The maximum Gasteiger partial charge on any atom is 0.322 e. The number of amides is 2. The number of urea groups is 1. The van der Waals surface area contributed by atoms with Gasteiger partial charge in [0.1, 0.15) is 0 Å². The molecule has 3 fully saturated rings. The molecule has 2 amide bonds. The van der Waals surface area contributed by atoms with Gasteiger partial charge in [0, 0.05) is 29.4 Å². The highest BCUT2D eigenvalue weighted by atomic mass is 32.2. The van der Waals surface area contributed by atoms with E-state index in [1.165, 1.54) is 6.20 Å². The van der Waals surface area contributed by atoms with Crippen LogP contribution in [-0.2, 0) is 9.84 Å². The number of likely N-dealkylation sites (tertiary alicyclic amines) is 1. The van der Waals surface area contributed by atoms with Crippen molar-refractivity contribution in [1.82, 2.24) is 9.88 Å². The summed E-state index contributed by atoms with van der Waals surface area (Å²) in [5.41, 5.74) is 0.476. The van der Waals surface area contributed by atoms with Gasteiger partial charge < -0.3 is 10.2 Å². The van der Waals surface area contributed by atoms with Gasteiger partial charge >= 0.3 is 6.03 Å². The summed E-state index contributed by atoms with van der Waals surface area (Å²) in [5.74, 6) is 0. The van der Waals surface area contributed by atoms with Gasteiger partial charge in [0.15, 0.2) is 14.9 Å². The Balaban J connectivity index is 1.21. The molecule has 3 unspecified atom stereocenters. The first-order valence-corrected chi connectivity index (χ1v) is 11.8. The molecule has 0 bridgehead atoms. The molecule has 1 aromatic heterocycles. The lowest BCUT2D eigenvalue weighted by Gasteiger charge is -2.78. The van der Waals surface area contributed by atoms with Crippen LogP contribution >= 0.6 is 0 Å². The zero-order valence-corrected chi connectivity index (χ0v) is 17.0. The van der Waals surface area contributed by atoms with Gasteiger partial charge in [-0.15, -0.1) is 0 Å². The fourth-order valence-corrected chi connectivity index (χ4v) is 8.00. The second-order valence-corrected chi connectivity index (χ2v) is 10.6. The average Bonchev–Trinajstić information content (AvgIpc) is 2.72. The fourth-order valence-electron chi connectivity index (χ4n) is 5.79. The van der Waals surface area contributed by atoms with Gasteiger partial charge in [0.05, 0.1) is 5.25 Å². The van der Waals surface area contributed by atoms with E-state index in [9.17, 15) is 13.2 Å². The molecule has 2 aliphatic carbocycles. The molecule has 3 aliphatic rings. The Labute approximate surface area is 174 Å². The minimum Gasteiger partial charge on any atom is -0.317 e. The smallest absolute Gasteiger partial charge is 0.317 e. The van der Waals surface area contributed by atoms with Crippen molar-refractivity contribution in [2.45, 2.75) is 41.6 Å². The number of sulfone groups is 1. The van der Waals surface area contributed by atoms with Crippen molar-refractivity contribution in [2.24, 2.45) is 5.41 Å². The quantitative estimate of drug-likeness (QED) is 0.699. The van der Waals surface area contributed by atoms with Crippen molar-refractivity contribution in [3.8, 4) is 0 Å². The van der Waals surface area contributed by atoms with E-state index in [1.807, 2.05) is 47.4 Å². The molecule has 2 heterocycles. The minimum atomic E-state index is -3.48. The average molecular weight is 420 g/mol. The van der Waals surface area contributed by atoms with Gasteiger partial charge in [-0.25, -0.2) is 18.2 Å². The van der Waals surface area contributed by atoms with E-state index in [-0.39, 0.29) is 28.6 Å². The number of hydrogen-bond acceptors (Lipinski definition) is 4. The molecule has 6 nitrogen and oxygen atoms in total. The third-order valence-corrected chi connectivity index (χ3v) is 9.54. The zero-order chi connectivity index (χ0) is 20.5. The van der Waals surface area contributed by atoms with Gasteiger partial charge in [-0.3, -0.25) is 0 Å². The molecule has 2 saturated carbocycles. The lowest BCUT2D eigenvalue weighted by atomic mass is 9.42. The van der Waals surface area contributed by atoms with Crippen molar-refractivity contribution in [3.63, 3.8) is 0 Å².